The fraction of sp³-hybridized carbons (Fsp3) is 0.231. The van der Waals surface area contributed by atoms with Crippen molar-refractivity contribution in [2.45, 2.75) is 25.6 Å². The van der Waals surface area contributed by atoms with Gasteiger partial charge >= 0.3 is 0 Å². The van der Waals surface area contributed by atoms with Gasteiger partial charge in [-0.1, -0.05) is 12.1 Å². The smallest absolute Gasteiger partial charge is 0.263 e. The number of hydrogen-bond acceptors (Lipinski definition) is 6. The number of nitrogens with zero attached hydrogens (tertiary/aromatic N) is 4. The second kappa shape index (κ2) is 9.82. The zero-order chi connectivity index (χ0) is 25.2. The quantitative estimate of drug-likeness (QED) is 0.430. The highest BCUT2D eigenvalue weighted by Gasteiger charge is 2.23. The summed E-state index contributed by atoms with van der Waals surface area (Å²) in [5.74, 6) is -1.79. The second-order valence-corrected chi connectivity index (χ2v) is 8.72. The average molecular weight is 491 g/mol. The Balaban J connectivity index is 1.33. The largest absolute Gasteiger partial charge is 0.391 e. The van der Waals surface area contributed by atoms with Crippen LogP contribution >= 0.6 is 0 Å². The molecule has 1 atom stereocenters. The van der Waals surface area contributed by atoms with E-state index in [0.717, 1.165) is 34.4 Å². The monoisotopic (exact) mass is 491 g/mol. The summed E-state index contributed by atoms with van der Waals surface area (Å²) in [7, 11) is 0. The predicted molar refractivity (Wildman–Crippen MR) is 130 cm³/mol. The third kappa shape index (κ3) is 4.80. The molecule has 184 valence electrons. The van der Waals surface area contributed by atoms with Crippen LogP contribution in [0.4, 0.5) is 14.6 Å². The van der Waals surface area contributed by atoms with Gasteiger partial charge in [0, 0.05) is 31.2 Å². The lowest BCUT2D eigenvalue weighted by molar-refractivity contribution is 0.0948. The molecule has 2 aromatic heterocycles. The van der Waals surface area contributed by atoms with E-state index in [0.29, 0.717) is 25.1 Å². The van der Waals surface area contributed by atoms with Crippen molar-refractivity contribution in [1.82, 2.24) is 19.9 Å². The minimum Gasteiger partial charge on any atom is -0.391 e. The number of fused-ring (bicyclic) bond motifs is 1. The van der Waals surface area contributed by atoms with E-state index in [1.165, 1.54) is 29.2 Å². The Morgan fingerprint density at radius 2 is 1.92 bits per heavy atom. The van der Waals surface area contributed by atoms with Gasteiger partial charge in [-0.05, 0) is 53.9 Å². The Bertz CT molecular complexity index is 1510. The van der Waals surface area contributed by atoms with Crippen LogP contribution in [-0.2, 0) is 13.1 Å². The van der Waals surface area contributed by atoms with Gasteiger partial charge in [0.05, 0.1) is 18.2 Å². The number of pyridine rings is 1. The molecular formula is C26H23F2N5O3. The first-order valence-electron chi connectivity index (χ1n) is 11.5. The lowest BCUT2D eigenvalue weighted by Gasteiger charge is -2.18. The zero-order valence-electron chi connectivity index (χ0n) is 19.2. The van der Waals surface area contributed by atoms with E-state index in [2.05, 4.69) is 15.3 Å². The van der Waals surface area contributed by atoms with E-state index in [1.54, 1.807) is 6.07 Å². The van der Waals surface area contributed by atoms with E-state index in [4.69, 9.17) is 0 Å². The van der Waals surface area contributed by atoms with E-state index < -0.39 is 29.2 Å². The van der Waals surface area contributed by atoms with Crippen molar-refractivity contribution in [2.24, 2.45) is 0 Å². The molecule has 0 aliphatic carbocycles. The summed E-state index contributed by atoms with van der Waals surface area (Å²) in [6.07, 6.45) is 3.26. The first kappa shape index (κ1) is 23.6. The zero-order valence-corrected chi connectivity index (χ0v) is 19.2. The number of nitrogens with one attached hydrogen (secondary N) is 1. The van der Waals surface area contributed by atoms with Crippen LogP contribution in [0.2, 0.25) is 0 Å². The molecule has 2 N–H and O–H groups in total. The van der Waals surface area contributed by atoms with Crippen LogP contribution in [0.1, 0.15) is 27.9 Å². The maximum Gasteiger partial charge on any atom is 0.263 e. The first-order chi connectivity index (χ1) is 17.4. The van der Waals surface area contributed by atoms with Crippen LogP contribution in [0.5, 0.6) is 0 Å². The van der Waals surface area contributed by atoms with Gasteiger partial charge in [0.25, 0.3) is 11.5 Å². The summed E-state index contributed by atoms with van der Waals surface area (Å²) in [4.78, 5) is 36.4. The molecule has 8 nitrogen and oxygen atoms in total. The summed E-state index contributed by atoms with van der Waals surface area (Å²) in [5.41, 5.74) is 1.34. The topological polar surface area (TPSA) is 100 Å². The van der Waals surface area contributed by atoms with Crippen molar-refractivity contribution in [3.8, 4) is 0 Å². The number of amides is 1. The molecule has 1 saturated heterocycles. The maximum atomic E-state index is 13.5. The number of β-amino-alcohol motifs (C(OH)–C–C–N with tert-alkyl or cyclic N) is 1. The van der Waals surface area contributed by atoms with Crippen LogP contribution in [0, 0.1) is 11.6 Å². The molecule has 1 aliphatic rings. The van der Waals surface area contributed by atoms with Crippen molar-refractivity contribution in [3.05, 3.63) is 99.7 Å². The van der Waals surface area contributed by atoms with Crippen LogP contribution in [-0.4, -0.2) is 44.7 Å². The van der Waals surface area contributed by atoms with Crippen LogP contribution < -0.4 is 15.8 Å². The van der Waals surface area contributed by atoms with Crippen molar-refractivity contribution < 1.29 is 18.7 Å². The molecule has 1 aliphatic heterocycles. The van der Waals surface area contributed by atoms with Crippen molar-refractivity contribution in [2.75, 3.05) is 18.0 Å². The number of carbonyl (C=O) groups excluding carboxylic acids is 1. The second-order valence-electron chi connectivity index (χ2n) is 8.72. The number of hydrogen-bond donors (Lipinski definition) is 2. The highest BCUT2D eigenvalue weighted by Crippen LogP contribution is 2.27. The molecule has 0 unspecified atom stereocenters. The van der Waals surface area contributed by atoms with Gasteiger partial charge in [-0.25, -0.2) is 18.7 Å². The number of aliphatic hydroxyl groups is 1. The Morgan fingerprint density at radius 3 is 2.69 bits per heavy atom. The molecule has 0 saturated carbocycles. The molecule has 10 heteroatoms. The van der Waals surface area contributed by atoms with Gasteiger partial charge in [0.15, 0.2) is 11.6 Å². The Kier molecular flexibility index (Phi) is 6.43. The van der Waals surface area contributed by atoms with Crippen LogP contribution in [0.3, 0.4) is 0 Å². The normalized spacial score (nSPS) is 15.4. The summed E-state index contributed by atoms with van der Waals surface area (Å²) in [6, 6.07) is 12.0. The lowest BCUT2D eigenvalue weighted by Crippen LogP contribution is -2.32. The maximum absolute atomic E-state index is 13.5. The average Bonchev–Trinajstić information content (AvgIpc) is 3.31. The Morgan fingerprint density at radius 1 is 1.08 bits per heavy atom. The first-order valence-corrected chi connectivity index (χ1v) is 11.5. The summed E-state index contributed by atoms with van der Waals surface area (Å²) in [5, 5.41) is 13.5. The lowest BCUT2D eigenvalue weighted by atomic mass is 10.1. The highest BCUT2D eigenvalue weighted by atomic mass is 19.2. The minimum atomic E-state index is -1.00. The summed E-state index contributed by atoms with van der Waals surface area (Å²) in [6.45, 7) is 1.36. The van der Waals surface area contributed by atoms with Crippen LogP contribution in [0.25, 0.3) is 10.9 Å². The number of rotatable bonds is 6. The molecule has 5 rings (SSSR count). The van der Waals surface area contributed by atoms with Crippen LogP contribution in [0.15, 0.2) is 65.8 Å². The summed E-state index contributed by atoms with van der Waals surface area (Å²) < 4.78 is 28.0. The highest BCUT2D eigenvalue weighted by molar-refractivity contribution is 5.94. The molecule has 36 heavy (non-hydrogen) atoms. The van der Waals surface area contributed by atoms with E-state index in [1.807, 2.05) is 23.1 Å². The molecule has 1 fully saturated rings. The van der Waals surface area contributed by atoms with Gasteiger partial charge in [0.2, 0.25) is 0 Å². The summed E-state index contributed by atoms with van der Waals surface area (Å²) >= 11 is 0. The molecule has 0 bridgehead atoms. The Labute approximate surface area is 204 Å². The third-order valence-electron chi connectivity index (χ3n) is 6.20. The molecule has 1 amide bonds. The number of anilines is 1. The molecule has 3 heterocycles. The van der Waals surface area contributed by atoms with Crippen molar-refractivity contribution in [3.63, 3.8) is 0 Å². The minimum absolute atomic E-state index is 0.00416. The molecule has 4 aromatic rings. The van der Waals surface area contributed by atoms with E-state index >= 15 is 0 Å². The van der Waals surface area contributed by atoms with Gasteiger partial charge in [0.1, 0.15) is 17.7 Å². The van der Waals surface area contributed by atoms with Gasteiger partial charge in [-0.2, -0.15) is 0 Å². The fourth-order valence-electron chi connectivity index (χ4n) is 4.33. The number of benzene rings is 2. The van der Waals surface area contributed by atoms with E-state index in [-0.39, 0.29) is 18.7 Å². The van der Waals surface area contributed by atoms with Gasteiger partial charge in [-0.3, -0.25) is 9.59 Å². The SMILES string of the molecule is O=C(NCc1ccc2ncnc(N3CC[C@H](O)C3)c2c1)c1cccn(Cc2ccc(F)c(F)c2)c1=O. The number of aliphatic hydroxyl groups excluding tert-OH is 1. The van der Waals surface area contributed by atoms with Crippen molar-refractivity contribution >= 4 is 22.6 Å². The van der Waals surface area contributed by atoms with Crippen molar-refractivity contribution in [1.29, 1.82) is 0 Å². The molecule has 0 radical (unpaired) electrons. The number of halogens is 2. The number of carbonyl (C=O) groups is 1. The fourth-order valence-corrected chi connectivity index (χ4v) is 4.33. The van der Waals surface area contributed by atoms with E-state index in [9.17, 15) is 23.5 Å². The standard InChI is InChI=1S/C26H23F2N5O3/c27-21-5-3-17(11-22(21)28)13-33-8-1-2-19(26(33)36)25(35)29-12-16-4-6-23-20(10-16)24(31-15-30-23)32-9-7-18(34)14-32/h1-6,8,10-11,15,18,34H,7,9,12-14H2,(H,29,35)/t18-/m0/s1. The molecular weight excluding hydrogens is 468 g/mol. The predicted octanol–water partition coefficient (Wildman–Crippen LogP) is 2.62. The van der Waals surface area contributed by atoms with Gasteiger partial charge < -0.3 is 19.9 Å². The van der Waals surface area contributed by atoms with Gasteiger partial charge in [-0.15, -0.1) is 0 Å². The third-order valence-corrected chi connectivity index (χ3v) is 6.20. The molecule has 2 aromatic carbocycles. The Hall–Kier alpha value is -4.18. The molecule has 0 spiro atoms. The number of aromatic nitrogens is 3.